The van der Waals surface area contributed by atoms with Gasteiger partial charge in [0, 0.05) is 18.8 Å². The molecule has 3 nitrogen and oxygen atoms in total. The van der Waals surface area contributed by atoms with Gasteiger partial charge in [-0.15, -0.1) is 0 Å². The number of benzene rings is 1. The van der Waals surface area contributed by atoms with Crippen LogP contribution >= 0.6 is 0 Å². The molecule has 0 saturated heterocycles. The highest BCUT2D eigenvalue weighted by Crippen LogP contribution is 2.21. The van der Waals surface area contributed by atoms with Gasteiger partial charge in [0.1, 0.15) is 0 Å². The fraction of sp³-hybridized carbons (Fsp3) is 0.417. The van der Waals surface area contributed by atoms with Crippen LogP contribution in [0.3, 0.4) is 0 Å². The highest BCUT2D eigenvalue weighted by atomic mass is 16.2. The van der Waals surface area contributed by atoms with Crippen LogP contribution in [0.2, 0.25) is 0 Å². The maximum atomic E-state index is 11.8. The Morgan fingerprint density at radius 3 is 2.67 bits per heavy atom. The van der Waals surface area contributed by atoms with Gasteiger partial charge in [-0.25, -0.2) is 4.79 Å². The van der Waals surface area contributed by atoms with Crippen molar-refractivity contribution in [3.63, 3.8) is 0 Å². The summed E-state index contributed by atoms with van der Waals surface area (Å²) in [5.41, 5.74) is 2.08. The zero-order valence-electron chi connectivity index (χ0n) is 9.16. The van der Waals surface area contributed by atoms with E-state index in [9.17, 15) is 4.79 Å². The molecule has 15 heavy (non-hydrogen) atoms. The first kappa shape index (κ1) is 10.0. The van der Waals surface area contributed by atoms with E-state index in [1.807, 2.05) is 31.2 Å². The summed E-state index contributed by atoms with van der Waals surface area (Å²) in [5.74, 6) is 0. The van der Waals surface area contributed by atoms with Gasteiger partial charge in [-0.05, 0) is 31.4 Å². The Bertz CT molecular complexity index is 372. The number of anilines is 1. The molecule has 0 spiro atoms. The number of aryl methyl sites for hydroxylation is 1. The Hall–Kier alpha value is -1.51. The van der Waals surface area contributed by atoms with Crippen molar-refractivity contribution in [3.05, 3.63) is 29.8 Å². The van der Waals surface area contributed by atoms with Crippen LogP contribution in [-0.2, 0) is 0 Å². The third kappa shape index (κ3) is 2.29. The molecule has 0 aliphatic heterocycles. The molecule has 0 heterocycles. The largest absolute Gasteiger partial charge is 0.335 e. The predicted octanol–water partition coefficient (Wildman–Crippen LogP) is 2.30. The molecule has 2 rings (SSSR count). The molecule has 1 aromatic carbocycles. The fourth-order valence-corrected chi connectivity index (χ4v) is 1.55. The Labute approximate surface area is 90.1 Å². The van der Waals surface area contributed by atoms with Gasteiger partial charge >= 0.3 is 6.03 Å². The van der Waals surface area contributed by atoms with Gasteiger partial charge in [0.15, 0.2) is 0 Å². The third-order valence-electron chi connectivity index (χ3n) is 2.69. The monoisotopic (exact) mass is 204 g/mol. The SMILES string of the molecule is Cc1ccccc1N(C)C(=O)NC1CC1. The van der Waals surface area contributed by atoms with Crippen molar-refractivity contribution in [2.45, 2.75) is 25.8 Å². The second-order valence-electron chi connectivity index (χ2n) is 4.07. The summed E-state index contributed by atoms with van der Waals surface area (Å²) in [7, 11) is 1.81. The molecule has 1 aliphatic rings. The average molecular weight is 204 g/mol. The standard InChI is InChI=1S/C12H16N2O/c1-9-5-3-4-6-11(9)14(2)12(15)13-10-7-8-10/h3-6,10H,7-8H2,1-2H3,(H,13,15). The molecule has 0 atom stereocenters. The smallest absolute Gasteiger partial charge is 0.321 e. The minimum absolute atomic E-state index is 0.00759. The number of nitrogens with zero attached hydrogens (tertiary/aromatic N) is 1. The van der Waals surface area contributed by atoms with E-state index >= 15 is 0 Å². The number of hydrogen-bond donors (Lipinski definition) is 1. The van der Waals surface area contributed by atoms with Gasteiger partial charge in [-0.2, -0.15) is 0 Å². The fourth-order valence-electron chi connectivity index (χ4n) is 1.55. The first-order valence-electron chi connectivity index (χ1n) is 5.28. The van der Waals surface area contributed by atoms with Crippen molar-refractivity contribution in [1.29, 1.82) is 0 Å². The maximum absolute atomic E-state index is 11.8. The lowest BCUT2D eigenvalue weighted by Crippen LogP contribution is -2.38. The minimum Gasteiger partial charge on any atom is -0.335 e. The summed E-state index contributed by atoms with van der Waals surface area (Å²) in [6.07, 6.45) is 2.24. The molecule has 3 heteroatoms. The van der Waals surface area contributed by atoms with E-state index in [1.54, 1.807) is 11.9 Å². The molecular formula is C12H16N2O. The van der Waals surface area contributed by atoms with Gasteiger partial charge in [-0.3, -0.25) is 4.90 Å². The highest BCUT2D eigenvalue weighted by molar-refractivity contribution is 5.92. The van der Waals surface area contributed by atoms with Crippen molar-refractivity contribution in [1.82, 2.24) is 5.32 Å². The molecule has 2 amide bonds. The number of nitrogens with one attached hydrogen (secondary N) is 1. The quantitative estimate of drug-likeness (QED) is 0.787. The van der Waals surface area contributed by atoms with Gasteiger partial charge in [0.25, 0.3) is 0 Å². The normalized spacial score (nSPS) is 14.8. The van der Waals surface area contributed by atoms with E-state index in [2.05, 4.69) is 5.32 Å². The van der Waals surface area contributed by atoms with Crippen LogP contribution in [0.1, 0.15) is 18.4 Å². The first-order valence-corrected chi connectivity index (χ1v) is 5.28. The Balaban J connectivity index is 2.08. The number of carbonyl (C=O) groups excluding carboxylic acids is 1. The van der Waals surface area contributed by atoms with Crippen molar-refractivity contribution in [2.75, 3.05) is 11.9 Å². The zero-order chi connectivity index (χ0) is 10.8. The summed E-state index contributed by atoms with van der Waals surface area (Å²) in [6.45, 7) is 2.01. The van der Waals surface area contributed by atoms with E-state index < -0.39 is 0 Å². The van der Waals surface area contributed by atoms with Crippen LogP contribution in [0.4, 0.5) is 10.5 Å². The molecule has 80 valence electrons. The maximum Gasteiger partial charge on any atom is 0.321 e. The average Bonchev–Trinajstić information content (AvgIpc) is 3.01. The molecule has 1 saturated carbocycles. The number of urea groups is 1. The number of carbonyl (C=O) groups is 1. The van der Waals surface area contributed by atoms with Gasteiger partial charge in [0.2, 0.25) is 0 Å². The molecule has 0 radical (unpaired) electrons. The first-order chi connectivity index (χ1) is 7.18. The number of hydrogen-bond acceptors (Lipinski definition) is 1. The van der Waals surface area contributed by atoms with Crippen molar-refractivity contribution in [2.24, 2.45) is 0 Å². The number of para-hydroxylation sites is 1. The molecule has 0 bridgehead atoms. The summed E-state index contributed by atoms with van der Waals surface area (Å²) in [4.78, 5) is 13.4. The lowest BCUT2D eigenvalue weighted by Gasteiger charge is -2.19. The molecule has 1 fully saturated rings. The van der Waals surface area contributed by atoms with E-state index in [0.717, 1.165) is 24.1 Å². The molecule has 1 aliphatic carbocycles. The van der Waals surface area contributed by atoms with Crippen molar-refractivity contribution < 1.29 is 4.79 Å². The lowest BCUT2D eigenvalue weighted by atomic mass is 10.2. The van der Waals surface area contributed by atoms with Crippen LogP contribution < -0.4 is 10.2 Å². The van der Waals surface area contributed by atoms with Crippen LogP contribution in [-0.4, -0.2) is 19.1 Å². The van der Waals surface area contributed by atoms with Crippen LogP contribution in [0.25, 0.3) is 0 Å². The zero-order valence-corrected chi connectivity index (χ0v) is 9.16. The third-order valence-corrected chi connectivity index (χ3v) is 2.69. The topological polar surface area (TPSA) is 32.3 Å². The second kappa shape index (κ2) is 3.93. The van der Waals surface area contributed by atoms with Gasteiger partial charge < -0.3 is 5.32 Å². The molecule has 0 aromatic heterocycles. The van der Waals surface area contributed by atoms with E-state index in [4.69, 9.17) is 0 Å². The summed E-state index contributed by atoms with van der Waals surface area (Å²) in [5, 5.41) is 2.97. The van der Waals surface area contributed by atoms with Crippen LogP contribution in [0, 0.1) is 6.92 Å². The number of amides is 2. The van der Waals surface area contributed by atoms with Crippen LogP contribution in [0.15, 0.2) is 24.3 Å². The Kier molecular flexibility index (Phi) is 2.62. The molecule has 0 unspecified atom stereocenters. The van der Waals surface area contributed by atoms with Gasteiger partial charge in [-0.1, -0.05) is 18.2 Å². The van der Waals surface area contributed by atoms with E-state index in [1.165, 1.54) is 0 Å². The van der Waals surface area contributed by atoms with Gasteiger partial charge in [0.05, 0.1) is 0 Å². The predicted molar refractivity (Wildman–Crippen MR) is 61.1 cm³/mol. The number of rotatable bonds is 2. The minimum atomic E-state index is -0.00759. The lowest BCUT2D eigenvalue weighted by molar-refractivity contribution is 0.247. The van der Waals surface area contributed by atoms with Crippen molar-refractivity contribution in [3.8, 4) is 0 Å². The highest BCUT2D eigenvalue weighted by Gasteiger charge is 2.25. The van der Waals surface area contributed by atoms with E-state index in [-0.39, 0.29) is 6.03 Å². The molecular weight excluding hydrogens is 188 g/mol. The molecule has 1 aromatic rings. The Morgan fingerprint density at radius 1 is 1.40 bits per heavy atom. The summed E-state index contributed by atoms with van der Waals surface area (Å²) < 4.78 is 0. The van der Waals surface area contributed by atoms with Crippen LogP contribution in [0.5, 0.6) is 0 Å². The second-order valence-corrected chi connectivity index (χ2v) is 4.07. The summed E-state index contributed by atoms with van der Waals surface area (Å²) >= 11 is 0. The van der Waals surface area contributed by atoms with Crippen molar-refractivity contribution >= 4 is 11.7 Å². The van der Waals surface area contributed by atoms with E-state index in [0.29, 0.717) is 6.04 Å². The Morgan fingerprint density at radius 2 is 2.07 bits per heavy atom. The summed E-state index contributed by atoms with van der Waals surface area (Å²) in [6, 6.07) is 8.29. The molecule has 1 N–H and O–H groups in total.